The number of rotatable bonds is 9. The number of hydrogen-bond acceptors (Lipinski definition) is 4. The topological polar surface area (TPSA) is 56.2 Å². The molecule has 1 saturated carbocycles. The molecular weight excluding hydrogens is 370 g/mol. The Kier molecular flexibility index (Phi) is 5.97. The zero-order valence-corrected chi connectivity index (χ0v) is 16.4. The molecule has 6 heteroatoms. The molecule has 1 N–H and O–H groups in total. The fourth-order valence-corrected chi connectivity index (χ4v) is 3.89. The van der Waals surface area contributed by atoms with Crippen LogP contribution in [0.25, 0.3) is 11.3 Å². The highest BCUT2D eigenvalue weighted by Crippen LogP contribution is 2.41. The first-order valence-corrected chi connectivity index (χ1v) is 10.5. The number of aromatic nitrogens is 2. The molecule has 0 aliphatic heterocycles. The summed E-state index contributed by atoms with van der Waals surface area (Å²) in [6, 6.07) is 20.4. The summed E-state index contributed by atoms with van der Waals surface area (Å²) in [5.74, 6) is 1.16. The lowest BCUT2D eigenvalue weighted by Crippen LogP contribution is -2.29. The standard InChI is InChI=1S/C22H23N3O2S/c26-21(23-13-14-27-19-9-5-2-6-10-19)16-28-22-24-15-20(25(22)18-11-12-18)17-7-3-1-4-8-17/h1-10,15,18H,11-14,16H2,(H,23,26). The zero-order valence-electron chi connectivity index (χ0n) is 15.6. The highest BCUT2D eigenvalue weighted by molar-refractivity contribution is 7.99. The lowest BCUT2D eigenvalue weighted by Gasteiger charge is -2.11. The van der Waals surface area contributed by atoms with Crippen LogP contribution in [-0.2, 0) is 4.79 Å². The van der Waals surface area contributed by atoms with Crippen LogP contribution < -0.4 is 10.1 Å². The molecule has 1 aliphatic rings. The Morgan fingerprint density at radius 1 is 1.11 bits per heavy atom. The van der Waals surface area contributed by atoms with Gasteiger partial charge in [0.1, 0.15) is 12.4 Å². The van der Waals surface area contributed by atoms with Crippen molar-refractivity contribution in [3.8, 4) is 17.0 Å². The van der Waals surface area contributed by atoms with Gasteiger partial charge < -0.3 is 14.6 Å². The van der Waals surface area contributed by atoms with Gasteiger partial charge in [0.15, 0.2) is 5.16 Å². The predicted octanol–water partition coefficient (Wildman–Crippen LogP) is 4.17. The summed E-state index contributed by atoms with van der Waals surface area (Å²) in [7, 11) is 0. The number of para-hydroxylation sites is 1. The first kappa shape index (κ1) is 18.6. The predicted molar refractivity (Wildman–Crippen MR) is 112 cm³/mol. The number of imidazole rings is 1. The average molecular weight is 394 g/mol. The van der Waals surface area contributed by atoms with Crippen molar-refractivity contribution < 1.29 is 9.53 Å². The number of nitrogens with one attached hydrogen (secondary N) is 1. The maximum Gasteiger partial charge on any atom is 0.230 e. The Labute approximate surface area is 169 Å². The zero-order chi connectivity index (χ0) is 19.2. The number of ether oxygens (including phenoxy) is 1. The molecule has 0 spiro atoms. The highest BCUT2D eigenvalue weighted by Gasteiger charge is 2.29. The summed E-state index contributed by atoms with van der Waals surface area (Å²) >= 11 is 1.49. The number of amides is 1. The molecule has 1 aromatic heterocycles. The summed E-state index contributed by atoms with van der Waals surface area (Å²) in [5, 5.41) is 3.82. The van der Waals surface area contributed by atoms with Crippen LogP contribution in [0.3, 0.4) is 0 Å². The van der Waals surface area contributed by atoms with Crippen LogP contribution in [0.15, 0.2) is 72.0 Å². The van der Waals surface area contributed by atoms with Crippen LogP contribution in [0.5, 0.6) is 5.75 Å². The van der Waals surface area contributed by atoms with E-state index < -0.39 is 0 Å². The van der Waals surface area contributed by atoms with Crippen molar-refractivity contribution in [2.24, 2.45) is 0 Å². The number of carbonyl (C=O) groups excluding carboxylic acids is 1. The maximum absolute atomic E-state index is 12.2. The van der Waals surface area contributed by atoms with Crippen molar-refractivity contribution in [3.63, 3.8) is 0 Å². The van der Waals surface area contributed by atoms with Crippen molar-refractivity contribution in [3.05, 3.63) is 66.9 Å². The van der Waals surface area contributed by atoms with Crippen LogP contribution in [-0.4, -0.2) is 34.4 Å². The van der Waals surface area contributed by atoms with Gasteiger partial charge in [-0.25, -0.2) is 4.98 Å². The Balaban J connectivity index is 1.29. The Hall–Kier alpha value is -2.73. The summed E-state index contributed by atoms with van der Waals surface area (Å²) < 4.78 is 7.88. The molecule has 0 atom stereocenters. The van der Waals surface area contributed by atoms with Gasteiger partial charge in [0.2, 0.25) is 5.91 Å². The molecule has 1 fully saturated rings. The van der Waals surface area contributed by atoms with E-state index in [4.69, 9.17) is 4.74 Å². The molecule has 28 heavy (non-hydrogen) atoms. The van der Waals surface area contributed by atoms with E-state index in [2.05, 4.69) is 27.0 Å². The fourth-order valence-electron chi connectivity index (χ4n) is 3.02. The van der Waals surface area contributed by atoms with Crippen LogP contribution in [0.2, 0.25) is 0 Å². The van der Waals surface area contributed by atoms with Gasteiger partial charge >= 0.3 is 0 Å². The van der Waals surface area contributed by atoms with Gasteiger partial charge in [-0.15, -0.1) is 0 Å². The molecule has 0 bridgehead atoms. The molecule has 144 valence electrons. The van der Waals surface area contributed by atoms with Crippen molar-refractivity contribution >= 4 is 17.7 Å². The van der Waals surface area contributed by atoms with Gasteiger partial charge in [-0.2, -0.15) is 0 Å². The van der Waals surface area contributed by atoms with Crippen molar-refractivity contribution in [1.29, 1.82) is 0 Å². The lowest BCUT2D eigenvalue weighted by molar-refractivity contribution is -0.118. The Morgan fingerprint density at radius 2 is 1.82 bits per heavy atom. The molecule has 5 nitrogen and oxygen atoms in total. The van der Waals surface area contributed by atoms with E-state index in [1.807, 2.05) is 54.7 Å². The third kappa shape index (κ3) is 4.75. The van der Waals surface area contributed by atoms with Gasteiger partial charge in [-0.1, -0.05) is 60.3 Å². The van der Waals surface area contributed by atoms with E-state index in [0.717, 1.165) is 22.2 Å². The normalized spacial score (nSPS) is 13.3. The van der Waals surface area contributed by atoms with Crippen LogP contribution in [0, 0.1) is 0 Å². The van der Waals surface area contributed by atoms with Crippen LogP contribution >= 0.6 is 11.8 Å². The summed E-state index contributed by atoms with van der Waals surface area (Å²) in [4.78, 5) is 16.8. The molecule has 2 aromatic carbocycles. The van der Waals surface area contributed by atoms with E-state index >= 15 is 0 Å². The van der Waals surface area contributed by atoms with Gasteiger partial charge in [-0.3, -0.25) is 4.79 Å². The second kappa shape index (κ2) is 8.97. The van der Waals surface area contributed by atoms with Crippen molar-refractivity contribution in [2.45, 2.75) is 24.0 Å². The van der Waals surface area contributed by atoms with Crippen LogP contribution in [0.1, 0.15) is 18.9 Å². The third-order valence-electron chi connectivity index (χ3n) is 4.51. The van der Waals surface area contributed by atoms with E-state index in [1.54, 1.807) is 0 Å². The molecule has 3 aromatic rings. The quantitative estimate of drug-likeness (QED) is 0.438. The highest BCUT2D eigenvalue weighted by atomic mass is 32.2. The van der Waals surface area contributed by atoms with Crippen molar-refractivity contribution in [1.82, 2.24) is 14.9 Å². The van der Waals surface area contributed by atoms with E-state index in [1.165, 1.54) is 24.6 Å². The van der Waals surface area contributed by atoms with E-state index in [0.29, 0.717) is 24.9 Å². The number of carbonyl (C=O) groups is 1. The average Bonchev–Trinajstić information content (AvgIpc) is 3.50. The maximum atomic E-state index is 12.2. The van der Waals surface area contributed by atoms with Crippen molar-refractivity contribution in [2.75, 3.05) is 18.9 Å². The summed E-state index contributed by atoms with van der Waals surface area (Å²) in [5.41, 5.74) is 2.29. The minimum atomic E-state index is -0.00623. The summed E-state index contributed by atoms with van der Waals surface area (Å²) in [6.45, 7) is 0.940. The molecule has 0 unspecified atom stereocenters. The molecule has 1 amide bonds. The van der Waals surface area contributed by atoms with Gasteiger partial charge in [0.05, 0.1) is 24.2 Å². The largest absolute Gasteiger partial charge is 0.492 e. The molecule has 0 saturated heterocycles. The molecule has 0 radical (unpaired) electrons. The Morgan fingerprint density at radius 3 is 2.54 bits per heavy atom. The monoisotopic (exact) mass is 393 g/mol. The second-order valence-corrected chi connectivity index (χ2v) is 7.64. The minimum Gasteiger partial charge on any atom is -0.492 e. The van der Waals surface area contributed by atoms with Gasteiger partial charge in [0, 0.05) is 6.04 Å². The fraction of sp³-hybridized carbons (Fsp3) is 0.273. The van der Waals surface area contributed by atoms with E-state index in [9.17, 15) is 4.79 Å². The first-order valence-electron chi connectivity index (χ1n) is 9.51. The molecular formula is C22H23N3O2S. The van der Waals surface area contributed by atoms with Gasteiger partial charge in [-0.05, 0) is 30.5 Å². The number of thioether (sulfide) groups is 1. The SMILES string of the molecule is O=C(CSc1ncc(-c2ccccc2)n1C1CC1)NCCOc1ccccc1. The smallest absolute Gasteiger partial charge is 0.230 e. The number of hydrogen-bond donors (Lipinski definition) is 1. The number of benzene rings is 2. The summed E-state index contributed by atoms with van der Waals surface area (Å²) in [6.07, 6.45) is 4.27. The molecule has 1 aliphatic carbocycles. The Bertz CT molecular complexity index is 908. The second-order valence-electron chi connectivity index (χ2n) is 6.69. The van der Waals surface area contributed by atoms with Gasteiger partial charge in [0.25, 0.3) is 0 Å². The van der Waals surface area contributed by atoms with Crippen LogP contribution in [0.4, 0.5) is 0 Å². The lowest BCUT2D eigenvalue weighted by atomic mass is 10.2. The number of nitrogens with zero attached hydrogens (tertiary/aromatic N) is 2. The molecule has 1 heterocycles. The van der Waals surface area contributed by atoms with E-state index in [-0.39, 0.29) is 5.91 Å². The first-order chi connectivity index (χ1) is 13.8. The third-order valence-corrected chi connectivity index (χ3v) is 5.48. The molecule has 4 rings (SSSR count). The minimum absolute atomic E-state index is 0.00623.